The average molecular weight is 420 g/mol. The maximum Gasteiger partial charge on any atom is 0.238 e. The van der Waals surface area contributed by atoms with Crippen molar-refractivity contribution in [2.75, 3.05) is 5.32 Å². The van der Waals surface area contributed by atoms with Gasteiger partial charge in [0.25, 0.3) is 0 Å². The van der Waals surface area contributed by atoms with Gasteiger partial charge in [-0.05, 0) is 48.9 Å². The third-order valence-corrected chi connectivity index (χ3v) is 6.55. The largest absolute Gasteiger partial charge is 0.326 e. The zero-order valence-electron chi connectivity index (χ0n) is 14.4. The second-order valence-corrected chi connectivity index (χ2v) is 9.54. The Balaban J connectivity index is 1.57. The summed E-state index contributed by atoms with van der Waals surface area (Å²) >= 11 is 3.18. The Hall–Kier alpha value is -2.20. The van der Waals surface area contributed by atoms with Crippen LogP contribution in [0.1, 0.15) is 11.3 Å². The van der Waals surface area contributed by atoms with Crippen LogP contribution < -0.4 is 10.5 Å². The predicted molar refractivity (Wildman–Crippen MR) is 108 cm³/mol. The Labute approximate surface area is 165 Å². The van der Waals surface area contributed by atoms with Crippen molar-refractivity contribution in [1.82, 2.24) is 4.98 Å². The molecule has 0 aliphatic rings. The molecule has 2 aromatic carbocycles. The van der Waals surface area contributed by atoms with Crippen LogP contribution >= 0.6 is 23.1 Å². The molecule has 0 radical (unpaired) electrons. The van der Waals surface area contributed by atoms with Crippen molar-refractivity contribution in [3.63, 3.8) is 0 Å². The number of nitrogens with zero attached hydrogens (tertiary/aromatic N) is 1. The number of benzene rings is 2. The first-order valence-electron chi connectivity index (χ1n) is 7.91. The summed E-state index contributed by atoms with van der Waals surface area (Å²) in [5, 5.41) is 9.89. The maximum absolute atomic E-state index is 12.2. The number of sulfonamides is 1. The highest BCUT2D eigenvalue weighted by Gasteiger charge is 2.09. The molecule has 6 nitrogen and oxygen atoms in total. The first-order valence-corrected chi connectivity index (χ1v) is 11.2. The van der Waals surface area contributed by atoms with E-state index in [1.807, 2.05) is 36.6 Å². The fourth-order valence-corrected chi connectivity index (χ4v) is 4.60. The van der Waals surface area contributed by atoms with Gasteiger partial charge in [0.15, 0.2) is 4.34 Å². The molecular formula is C18H17N3O3S3. The number of carbonyl (C=O) groups excluding carboxylic acids is 1. The summed E-state index contributed by atoms with van der Waals surface area (Å²) in [7, 11) is -3.73. The number of nitrogens with one attached hydrogen (secondary N) is 1. The van der Waals surface area contributed by atoms with Gasteiger partial charge in [0.05, 0.1) is 11.3 Å². The van der Waals surface area contributed by atoms with E-state index in [2.05, 4.69) is 10.3 Å². The number of primary sulfonamides is 1. The number of amides is 1. The lowest BCUT2D eigenvalue weighted by Crippen LogP contribution is -2.15. The van der Waals surface area contributed by atoms with Crippen molar-refractivity contribution >= 4 is 44.7 Å². The normalized spacial score (nSPS) is 11.3. The van der Waals surface area contributed by atoms with Crippen molar-refractivity contribution in [2.45, 2.75) is 27.5 Å². The fraction of sp³-hybridized carbons (Fsp3) is 0.111. The Morgan fingerprint density at radius 3 is 2.37 bits per heavy atom. The lowest BCUT2D eigenvalue weighted by Gasteiger charge is -2.07. The Kier molecular flexibility index (Phi) is 5.95. The highest BCUT2D eigenvalue weighted by Crippen LogP contribution is 2.30. The molecular weight excluding hydrogens is 402 g/mol. The molecule has 1 aromatic heterocycles. The summed E-state index contributed by atoms with van der Waals surface area (Å²) in [6.07, 6.45) is 0.139. The zero-order chi connectivity index (χ0) is 19.4. The van der Waals surface area contributed by atoms with E-state index in [4.69, 9.17) is 5.14 Å². The molecule has 27 heavy (non-hydrogen) atoms. The molecule has 140 valence electrons. The molecule has 9 heteroatoms. The summed E-state index contributed by atoms with van der Waals surface area (Å²) in [5.41, 5.74) is 2.40. The van der Waals surface area contributed by atoms with Crippen LogP contribution in [0.4, 0.5) is 5.69 Å². The van der Waals surface area contributed by atoms with Gasteiger partial charge in [0.1, 0.15) is 0 Å². The van der Waals surface area contributed by atoms with Crippen molar-refractivity contribution in [1.29, 1.82) is 0 Å². The van der Waals surface area contributed by atoms with Gasteiger partial charge in [0, 0.05) is 21.7 Å². The number of carbonyl (C=O) groups is 1. The number of aryl methyl sites for hydroxylation is 1. The summed E-state index contributed by atoms with van der Waals surface area (Å²) in [6, 6.07) is 13.5. The Bertz CT molecular complexity index is 1040. The van der Waals surface area contributed by atoms with Crippen LogP contribution in [0.25, 0.3) is 0 Å². The number of hydrogen-bond acceptors (Lipinski definition) is 6. The van der Waals surface area contributed by atoms with E-state index in [1.165, 1.54) is 12.1 Å². The van der Waals surface area contributed by atoms with E-state index in [9.17, 15) is 13.2 Å². The quantitative estimate of drug-likeness (QED) is 0.637. The summed E-state index contributed by atoms with van der Waals surface area (Å²) < 4.78 is 23.5. The van der Waals surface area contributed by atoms with Gasteiger partial charge in [-0.25, -0.2) is 18.5 Å². The van der Waals surface area contributed by atoms with Crippen molar-refractivity contribution in [2.24, 2.45) is 5.14 Å². The third kappa shape index (κ3) is 5.64. The Morgan fingerprint density at radius 2 is 1.81 bits per heavy atom. The number of thiazole rings is 1. The lowest BCUT2D eigenvalue weighted by atomic mass is 10.1. The standard InChI is InChI=1S/C18H17N3O3S3/c1-12-11-25-18(20-12)26-15-6-4-14(5-7-15)21-17(22)10-13-2-8-16(9-3-13)27(19,23)24/h2-9,11H,10H2,1H3,(H,21,22)(H2,19,23,24). The topological polar surface area (TPSA) is 102 Å². The molecule has 3 N–H and O–H groups in total. The molecule has 3 rings (SSSR count). The van der Waals surface area contributed by atoms with E-state index < -0.39 is 10.0 Å². The van der Waals surface area contributed by atoms with Crippen LogP contribution in [0.15, 0.2) is 68.0 Å². The molecule has 1 amide bonds. The summed E-state index contributed by atoms with van der Waals surface area (Å²) in [5.74, 6) is -0.186. The van der Waals surface area contributed by atoms with Gasteiger partial charge in [0.2, 0.25) is 15.9 Å². The molecule has 0 fully saturated rings. The van der Waals surface area contributed by atoms with Crippen molar-refractivity contribution in [3.8, 4) is 0 Å². The molecule has 0 aliphatic heterocycles. The molecule has 3 aromatic rings. The average Bonchev–Trinajstić information content (AvgIpc) is 3.01. The van der Waals surface area contributed by atoms with Crippen LogP contribution in [0, 0.1) is 6.92 Å². The maximum atomic E-state index is 12.2. The molecule has 0 bridgehead atoms. The van der Waals surface area contributed by atoms with Crippen LogP contribution in [0.2, 0.25) is 0 Å². The smallest absolute Gasteiger partial charge is 0.238 e. The van der Waals surface area contributed by atoms with Crippen LogP contribution in [0.5, 0.6) is 0 Å². The number of aromatic nitrogens is 1. The van der Waals surface area contributed by atoms with Crippen LogP contribution in [-0.4, -0.2) is 19.3 Å². The van der Waals surface area contributed by atoms with E-state index in [1.54, 1.807) is 35.2 Å². The van der Waals surface area contributed by atoms with Gasteiger partial charge in [-0.1, -0.05) is 23.9 Å². The highest BCUT2D eigenvalue weighted by molar-refractivity contribution is 8.01. The summed E-state index contributed by atoms with van der Waals surface area (Å²) in [4.78, 5) is 17.7. The number of nitrogens with two attached hydrogens (primary N) is 1. The minimum Gasteiger partial charge on any atom is -0.326 e. The van der Waals surface area contributed by atoms with Crippen LogP contribution in [0.3, 0.4) is 0 Å². The minimum atomic E-state index is -3.73. The predicted octanol–water partition coefficient (Wildman–Crippen LogP) is 3.43. The Morgan fingerprint density at radius 1 is 1.15 bits per heavy atom. The molecule has 0 aliphatic carbocycles. The SMILES string of the molecule is Cc1csc(Sc2ccc(NC(=O)Cc3ccc(S(N)(=O)=O)cc3)cc2)n1. The number of rotatable bonds is 6. The third-order valence-electron chi connectivity index (χ3n) is 3.56. The highest BCUT2D eigenvalue weighted by atomic mass is 32.2. The number of hydrogen-bond donors (Lipinski definition) is 2. The first-order chi connectivity index (χ1) is 12.8. The second-order valence-electron chi connectivity index (χ2n) is 5.80. The van der Waals surface area contributed by atoms with Crippen molar-refractivity contribution in [3.05, 3.63) is 65.2 Å². The van der Waals surface area contributed by atoms with E-state index in [0.717, 1.165) is 14.9 Å². The van der Waals surface area contributed by atoms with Gasteiger partial charge >= 0.3 is 0 Å². The molecule has 0 spiro atoms. The number of anilines is 1. The first kappa shape index (κ1) is 19.6. The minimum absolute atomic E-state index is 0.0233. The van der Waals surface area contributed by atoms with Gasteiger partial charge in [-0.3, -0.25) is 4.79 Å². The molecule has 0 saturated heterocycles. The monoisotopic (exact) mass is 419 g/mol. The second kappa shape index (κ2) is 8.22. The van der Waals surface area contributed by atoms with Gasteiger partial charge < -0.3 is 5.32 Å². The molecule has 0 atom stereocenters. The molecule has 0 saturated carbocycles. The van der Waals surface area contributed by atoms with Crippen LogP contribution in [-0.2, 0) is 21.2 Å². The van der Waals surface area contributed by atoms with E-state index >= 15 is 0 Å². The van der Waals surface area contributed by atoms with Gasteiger partial charge in [-0.2, -0.15) is 0 Å². The van der Waals surface area contributed by atoms with Crippen molar-refractivity contribution < 1.29 is 13.2 Å². The zero-order valence-corrected chi connectivity index (χ0v) is 16.8. The van der Waals surface area contributed by atoms with Gasteiger partial charge in [-0.15, -0.1) is 11.3 Å². The summed E-state index contributed by atoms with van der Waals surface area (Å²) in [6.45, 7) is 1.96. The molecule has 1 heterocycles. The van der Waals surface area contributed by atoms with E-state index in [0.29, 0.717) is 11.3 Å². The lowest BCUT2D eigenvalue weighted by molar-refractivity contribution is -0.115. The van der Waals surface area contributed by atoms with E-state index in [-0.39, 0.29) is 17.2 Å². The molecule has 0 unspecified atom stereocenters. The fourth-order valence-electron chi connectivity index (χ4n) is 2.27.